The third-order valence-electron chi connectivity index (χ3n) is 1.31. The highest BCUT2D eigenvalue weighted by molar-refractivity contribution is 7.84. The molecule has 0 spiro atoms. The van der Waals surface area contributed by atoms with E-state index in [2.05, 4.69) is 10.6 Å². The molecule has 0 saturated heterocycles. The fourth-order valence-corrected chi connectivity index (χ4v) is 1.29. The molecule has 0 radical (unpaired) electrons. The zero-order valence-corrected chi connectivity index (χ0v) is 8.37. The van der Waals surface area contributed by atoms with E-state index in [4.69, 9.17) is 0 Å². The van der Waals surface area contributed by atoms with E-state index in [0.29, 0.717) is 24.6 Å². The lowest BCUT2D eigenvalue weighted by Gasteiger charge is -2.02. The van der Waals surface area contributed by atoms with Crippen LogP contribution in [0.25, 0.3) is 0 Å². The van der Waals surface area contributed by atoms with Crippen molar-refractivity contribution in [1.29, 1.82) is 0 Å². The van der Waals surface area contributed by atoms with E-state index in [1.165, 1.54) is 0 Å². The molecule has 4 nitrogen and oxygen atoms in total. The minimum Gasteiger partial charge on any atom is -0.354 e. The van der Waals surface area contributed by atoms with Crippen LogP contribution in [0.4, 0.5) is 0 Å². The van der Waals surface area contributed by atoms with Crippen LogP contribution in [-0.4, -0.2) is 41.8 Å². The van der Waals surface area contributed by atoms with Crippen LogP contribution in [0.3, 0.4) is 0 Å². The van der Waals surface area contributed by atoms with Gasteiger partial charge in [-0.2, -0.15) is 0 Å². The van der Waals surface area contributed by atoms with Gasteiger partial charge >= 0.3 is 0 Å². The summed E-state index contributed by atoms with van der Waals surface area (Å²) < 4.78 is 10.9. The lowest BCUT2D eigenvalue weighted by molar-refractivity contribution is -0.120. The van der Waals surface area contributed by atoms with Crippen LogP contribution in [0, 0.1) is 0 Å². The van der Waals surface area contributed by atoms with E-state index in [-0.39, 0.29) is 5.91 Å². The highest BCUT2D eigenvalue weighted by Gasteiger charge is 1.99. The Bertz CT molecular complexity index is 161. The zero-order chi connectivity index (χ0) is 9.40. The maximum atomic E-state index is 10.9. The summed E-state index contributed by atoms with van der Waals surface area (Å²) in [7, 11) is 0.930. The molecule has 0 saturated carbocycles. The lowest BCUT2D eigenvalue weighted by Crippen LogP contribution is -2.34. The molecule has 12 heavy (non-hydrogen) atoms. The van der Waals surface area contributed by atoms with E-state index in [9.17, 15) is 9.00 Å². The first-order chi connectivity index (χ1) is 5.70. The number of rotatable bonds is 6. The van der Waals surface area contributed by atoms with Gasteiger partial charge in [-0.25, -0.2) is 0 Å². The summed E-state index contributed by atoms with van der Waals surface area (Å²) in [5.74, 6) is 1.15. The molecule has 0 rings (SSSR count). The molecule has 0 aliphatic rings. The Morgan fingerprint density at radius 3 is 2.67 bits per heavy atom. The summed E-state index contributed by atoms with van der Waals surface area (Å²) in [4.78, 5) is 10.8. The average molecular weight is 192 g/mol. The molecule has 0 aromatic heterocycles. The second-order valence-electron chi connectivity index (χ2n) is 2.31. The Kier molecular flexibility index (Phi) is 6.99. The lowest BCUT2D eigenvalue weighted by atomic mass is 10.5. The standard InChI is InChI=1S/C7H16N2O2S/c1-3-12(11)5-4-9-7(10)6-8-2/h8H,3-6H2,1-2H3,(H,9,10). The van der Waals surface area contributed by atoms with Crippen LogP contribution < -0.4 is 10.6 Å². The van der Waals surface area contributed by atoms with E-state index in [0.717, 1.165) is 0 Å². The van der Waals surface area contributed by atoms with Gasteiger partial charge in [0.05, 0.1) is 6.54 Å². The topological polar surface area (TPSA) is 58.2 Å². The van der Waals surface area contributed by atoms with Gasteiger partial charge in [-0.15, -0.1) is 0 Å². The molecule has 0 aromatic carbocycles. The Morgan fingerprint density at radius 2 is 2.17 bits per heavy atom. The van der Waals surface area contributed by atoms with Gasteiger partial charge in [0.2, 0.25) is 5.91 Å². The second kappa shape index (κ2) is 7.24. The molecular weight excluding hydrogens is 176 g/mol. The van der Waals surface area contributed by atoms with Crippen molar-refractivity contribution in [3.05, 3.63) is 0 Å². The van der Waals surface area contributed by atoms with Crippen molar-refractivity contribution >= 4 is 16.7 Å². The molecule has 1 amide bonds. The van der Waals surface area contributed by atoms with Gasteiger partial charge in [0, 0.05) is 28.9 Å². The van der Waals surface area contributed by atoms with Crippen molar-refractivity contribution in [2.75, 3.05) is 31.6 Å². The third-order valence-corrected chi connectivity index (χ3v) is 2.61. The number of nitrogens with one attached hydrogen (secondary N) is 2. The van der Waals surface area contributed by atoms with Crippen molar-refractivity contribution in [3.8, 4) is 0 Å². The summed E-state index contributed by atoms with van der Waals surface area (Å²) in [6.07, 6.45) is 0. The number of hydrogen-bond donors (Lipinski definition) is 2. The normalized spacial score (nSPS) is 12.5. The molecule has 0 fully saturated rings. The molecule has 0 aliphatic carbocycles. The van der Waals surface area contributed by atoms with Crippen molar-refractivity contribution in [3.63, 3.8) is 0 Å². The smallest absolute Gasteiger partial charge is 0.233 e. The molecule has 0 aromatic rings. The van der Waals surface area contributed by atoms with Crippen LogP contribution in [-0.2, 0) is 15.6 Å². The summed E-state index contributed by atoms with van der Waals surface area (Å²) in [5.41, 5.74) is 0. The monoisotopic (exact) mass is 192 g/mol. The number of amides is 1. The first-order valence-corrected chi connectivity index (χ1v) is 5.45. The molecular formula is C7H16N2O2S. The summed E-state index contributed by atoms with van der Waals surface area (Å²) in [6, 6.07) is 0. The second-order valence-corrected chi connectivity index (χ2v) is 4.18. The largest absolute Gasteiger partial charge is 0.354 e. The first kappa shape index (κ1) is 11.6. The number of carbonyl (C=O) groups is 1. The maximum Gasteiger partial charge on any atom is 0.233 e. The van der Waals surface area contributed by atoms with Crippen LogP contribution in [0.15, 0.2) is 0 Å². The molecule has 1 atom stereocenters. The van der Waals surface area contributed by atoms with Crippen molar-refractivity contribution in [2.45, 2.75) is 6.92 Å². The van der Waals surface area contributed by atoms with Gasteiger partial charge in [-0.05, 0) is 7.05 Å². The molecule has 0 aliphatic heterocycles. The number of carbonyl (C=O) groups excluding carboxylic acids is 1. The molecule has 2 N–H and O–H groups in total. The van der Waals surface area contributed by atoms with Gasteiger partial charge in [-0.1, -0.05) is 6.92 Å². The summed E-state index contributed by atoms with van der Waals surface area (Å²) >= 11 is 0. The molecule has 0 heterocycles. The van der Waals surface area contributed by atoms with Gasteiger partial charge in [-0.3, -0.25) is 9.00 Å². The van der Waals surface area contributed by atoms with Gasteiger partial charge in [0.15, 0.2) is 0 Å². The zero-order valence-electron chi connectivity index (χ0n) is 7.55. The summed E-state index contributed by atoms with van der Waals surface area (Å²) in [6.45, 7) is 2.69. The van der Waals surface area contributed by atoms with Crippen LogP contribution in [0.1, 0.15) is 6.92 Å². The van der Waals surface area contributed by atoms with Gasteiger partial charge in [0.25, 0.3) is 0 Å². The Labute approximate surface area is 75.6 Å². The SMILES string of the molecule is CCS(=O)CCNC(=O)CNC. The third kappa shape index (κ3) is 6.30. The molecule has 0 bridgehead atoms. The minimum atomic E-state index is -0.782. The van der Waals surface area contributed by atoms with Crippen molar-refractivity contribution in [2.24, 2.45) is 0 Å². The van der Waals surface area contributed by atoms with E-state index >= 15 is 0 Å². The van der Waals surface area contributed by atoms with E-state index < -0.39 is 10.8 Å². The van der Waals surface area contributed by atoms with Crippen LogP contribution >= 0.6 is 0 Å². The van der Waals surface area contributed by atoms with Gasteiger partial charge in [0.1, 0.15) is 0 Å². The summed E-state index contributed by atoms with van der Waals surface area (Å²) in [5, 5.41) is 5.39. The Morgan fingerprint density at radius 1 is 1.50 bits per heavy atom. The highest BCUT2D eigenvalue weighted by atomic mass is 32.2. The Hall–Kier alpha value is -0.420. The predicted molar refractivity (Wildman–Crippen MR) is 50.5 cm³/mol. The molecule has 1 unspecified atom stereocenters. The fraction of sp³-hybridized carbons (Fsp3) is 0.857. The predicted octanol–water partition coefficient (Wildman–Crippen LogP) is -0.909. The number of hydrogen-bond acceptors (Lipinski definition) is 3. The van der Waals surface area contributed by atoms with Gasteiger partial charge < -0.3 is 10.6 Å². The Balaban J connectivity index is 3.30. The molecule has 5 heteroatoms. The minimum absolute atomic E-state index is 0.0504. The van der Waals surface area contributed by atoms with Crippen molar-refractivity contribution < 1.29 is 9.00 Å². The number of likely N-dealkylation sites (N-methyl/N-ethyl adjacent to an activating group) is 1. The van der Waals surface area contributed by atoms with E-state index in [1.54, 1.807) is 7.05 Å². The quantitative estimate of drug-likeness (QED) is 0.573. The van der Waals surface area contributed by atoms with Crippen molar-refractivity contribution in [1.82, 2.24) is 10.6 Å². The van der Waals surface area contributed by atoms with Crippen LogP contribution in [0.5, 0.6) is 0 Å². The average Bonchev–Trinajstić information content (AvgIpc) is 2.04. The fourth-order valence-electron chi connectivity index (χ4n) is 0.672. The van der Waals surface area contributed by atoms with E-state index in [1.807, 2.05) is 6.92 Å². The molecule has 72 valence electrons. The maximum absolute atomic E-state index is 10.9. The first-order valence-electron chi connectivity index (χ1n) is 3.97. The van der Waals surface area contributed by atoms with Crippen LogP contribution in [0.2, 0.25) is 0 Å². The highest BCUT2D eigenvalue weighted by Crippen LogP contribution is 1.78.